The number of hydrogen-bond acceptors (Lipinski definition) is 6. The van der Waals surface area contributed by atoms with E-state index in [0.29, 0.717) is 17.9 Å². The van der Waals surface area contributed by atoms with Crippen LogP contribution in [0.25, 0.3) is 0 Å². The van der Waals surface area contributed by atoms with E-state index in [9.17, 15) is 9.59 Å². The van der Waals surface area contributed by atoms with Gasteiger partial charge in [0.05, 0.1) is 37.4 Å². The highest BCUT2D eigenvalue weighted by atomic mass is 16.5. The van der Waals surface area contributed by atoms with Gasteiger partial charge in [-0.15, -0.1) is 0 Å². The average molecular weight is 391 g/mol. The molecule has 2 amide bonds. The normalized spacial score (nSPS) is 19.3. The molecule has 0 bridgehead atoms. The van der Waals surface area contributed by atoms with Gasteiger partial charge in [-0.3, -0.25) is 9.59 Å². The van der Waals surface area contributed by atoms with Crippen molar-refractivity contribution in [3.8, 4) is 5.75 Å². The number of nitrogens with zero attached hydrogens (tertiary/aromatic N) is 1. The van der Waals surface area contributed by atoms with Crippen LogP contribution in [0.3, 0.4) is 0 Å². The number of fused-ring (bicyclic) bond motifs is 1. The smallest absolute Gasteiger partial charge is 0.251 e. The van der Waals surface area contributed by atoms with E-state index in [-0.39, 0.29) is 43.5 Å². The summed E-state index contributed by atoms with van der Waals surface area (Å²) in [5, 5.41) is 23.9. The van der Waals surface area contributed by atoms with Crippen LogP contribution < -0.4 is 20.3 Å². The molecular weight excluding hydrogens is 362 g/mol. The predicted octanol–water partition coefficient (Wildman–Crippen LogP) is 0.416. The molecule has 1 aliphatic carbocycles. The Morgan fingerprint density at radius 3 is 2.64 bits per heavy atom. The van der Waals surface area contributed by atoms with E-state index in [2.05, 4.69) is 10.6 Å². The molecular formula is C20H29N3O5. The minimum absolute atomic E-state index is 0.0864. The molecule has 28 heavy (non-hydrogen) atoms. The van der Waals surface area contributed by atoms with Crippen molar-refractivity contribution < 1.29 is 24.5 Å². The minimum Gasteiger partial charge on any atom is -0.489 e. The summed E-state index contributed by atoms with van der Waals surface area (Å²) in [4.78, 5) is 26.7. The van der Waals surface area contributed by atoms with Crippen LogP contribution in [0.1, 0.15) is 42.5 Å². The van der Waals surface area contributed by atoms with Crippen LogP contribution >= 0.6 is 0 Å². The fourth-order valence-corrected chi connectivity index (χ4v) is 3.74. The Balaban J connectivity index is 1.66. The zero-order valence-electron chi connectivity index (χ0n) is 16.2. The summed E-state index contributed by atoms with van der Waals surface area (Å²) >= 11 is 0. The number of carbonyl (C=O) groups is 2. The number of rotatable bonds is 7. The summed E-state index contributed by atoms with van der Waals surface area (Å²) < 4.78 is 5.78. The van der Waals surface area contributed by atoms with E-state index in [1.807, 2.05) is 11.9 Å². The van der Waals surface area contributed by atoms with Crippen molar-refractivity contribution in [2.75, 3.05) is 31.8 Å². The highest BCUT2D eigenvalue weighted by molar-refractivity contribution is 5.96. The second-order valence-electron chi connectivity index (χ2n) is 7.55. The van der Waals surface area contributed by atoms with Gasteiger partial charge in [-0.05, 0) is 31.0 Å². The van der Waals surface area contributed by atoms with Crippen molar-refractivity contribution >= 4 is 17.5 Å². The minimum atomic E-state index is -0.666. The van der Waals surface area contributed by atoms with Gasteiger partial charge in [-0.2, -0.15) is 0 Å². The summed E-state index contributed by atoms with van der Waals surface area (Å²) in [6, 6.07) is 4.73. The summed E-state index contributed by atoms with van der Waals surface area (Å²) in [5.74, 6) is 0.323. The first-order valence-electron chi connectivity index (χ1n) is 9.83. The third-order valence-corrected chi connectivity index (χ3v) is 5.50. The highest BCUT2D eigenvalue weighted by Crippen LogP contribution is 2.34. The number of likely N-dealkylation sites (N-methyl/N-ethyl adjacent to an activating group) is 1. The number of nitrogens with one attached hydrogen (secondary N) is 2. The van der Waals surface area contributed by atoms with E-state index in [1.165, 1.54) is 0 Å². The van der Waals surface area contributed by atoms with Gasteiger partial charge in [-0.1, -0.05) is 12.8 Å². The molecule has 1 aromatic carbocycles. The molecule has 1 atom stereocenters. The first kappa shape index (κ1) is 20.4. The van der Waals surface area contributed by atoms with Gasteiger partial charge in [0.1, 0.15) is 12.4 Å². The Labute approximate surface area is 164 Å². The fourth-order valence-electron chi connectivity index (χ4n) is 3.74. The summed E-state index contributed by atoms with van der Waals surface area (Å²) in [5.41, 5.74) is 1.34. The lowest BCUT2D eigenvalue weighted by molar-refractivity contribution is -0.123. The molecule has 3 rings (SSSR count). The molecule has 0 radical (unpaired) electrons. The number of aliphatic hydroxyl groups is 2. The van der Waals surface area contributed by atoms with E-state index >= 15 is 0 Å². The molecule has 1 unspecified atom stereocenters. The van der Waals surface area contributed by atoms with Crippen molar-refractivity contribution in [1.82, 2.24) is 10.6 Å². The standard InChI is InChI=1S/C20H29N3O5/c1-23-16(9-19(26)21-15(10-24)11-25)12-28-18-7-6-13(8-17(18)23)20(27)22-14-4-2-3-5-14/h6-8,14-16,24-25H,2-5,9-12H2,1H3,(H,21,26)(H,22,27). The number of aliphatic hydroxyl groups excluding tert-OH is 2. The van der Waals surface area contributed by atoms with Gasteiger partial charge >= 0.3 is 0 Å². The molecule has 0 saturated heterocycles. The van der Waals surface area contributed by atoms with Crippen molar-refractivity contribution in [1.29, 1.82) is 0 Å². The molecule has 8 heteroatoms. The quantitative estimate of drug-likeness (QED) is 0.536. The summed E-state index contributed by atoms with van der Waals surface area (Å²) in [7, 11) is 1.87. The van der Waals surface area contributed by atoms with Gasteiger partial charge in [0.2, 0.25) is 5.91 Å². The van der Waals surface area contributed by atoms with Crippen molar-refractivity contribution in [2.24, 2.45) is 0 Å². The van der Waals surface area contributed by atoms with Crippen LogP contribution in [-0.4, -0.2) is 67.0 Å². The van der Waals surface area contributed by atoms with Crippen LogP contribution in [-0.2, 0) is 4.79 Å². The second-order valence-corrected chi connectivity index (χ2v) is 7.55. The molecule has 1 aromatic rings. The topological polar surface area (TPSA) is 111 Å². The molecule has 154 valence electrons. The number of ether oxygens (including phenoxy) is 1. The molecule has 8 nitrogen and oxygen atoms in total. The Morgan fingerprint density at radius 2 is 1.96 bits per heavy atom. The molecule has 2 aliphatic rings. The molecule has 4 N–H and O–H groups in total. The molecule has 0 aromatic heterocycles. The van der Waals surface area contributed by atoms with Crippen LogP contribution in [0.4, 0.5) is 5.69 Å². The van der Waals surface area contributed by atoms with Gasteiger partial charge < -0.3 is 30.5 Å². The van der Waals surface area contributed by atoms with Gasteiger partial charge in [0.15, 0.2) is 0 Å². The summed E-state index contributed by atoms with van der Waals surface area (Å²) in [6.07, 6.45) is 4.52. The maximum absolute atomic E-state index is 12.6. The lowest BCUT2D eigenvalue weighted by Crippen LogP contribution is -2.47. The van der Waals surface area contributed by atoms with E-state index < -0.39 is 6.04 Å². The lowest BCUT2D eigenvalue weighted by Gasteiger charge is -2.36. The second kappa shape index (κ2) is 9.25. The molecule has 1 heterocycles. The summed E-state index contributed by atoms with van der Waals surface area (Å²) in [6.45, 7) is -0.295. The van der Waals surface area contributed by atoms with Crippen LogP contribution in [0.2, 0.25) is 0 Å². The van der Waals surface area contributed by atoms with Gasteiger partial charge in [-0.25, -0.2) is 0 Å². The number of hydrogen-bond donors (Lipinski definition) is 4. The molecule has 1 saturated carbocycles. The van der Waals surface area contributed by atoms with E-state index in [0.717, 1.165) is 31.4 Å². The number of anilines is 1. The van der Waals surface area contributed by atoms with E-state index in [1.54, 1.807) is 18.2 Å². The van der Waals surface area contributed by atoms with Crippen molar-refractivity contribution in [3.63, 3.8) is 0 Å². The Kier molecular flexibility index (Phi) is 6.74. The zero-order valence-corrected chi connectivity index (χ0v) is 16.2. The monoisotopic (exact) mass is 391 g/mol. The van der Waals surface area contributed by atoms with Gasteiger partial charge in [0, 0.05) is 18.7 Å². The predicted molar refractivity (Wildman–Crippen MR) is 105 cm³/mol. The first-order valence-corrected chi connectivity index (χ1v) is 9.83. The zero-order chi connectivity index (χ0) is 20.1. The molecule has 1 aliphatic heterocycles. The highest BCUT2D eigenvalue weighted by Gasteiger charge is 2.28. The maximum Gasteiger partial charge on any atom is 0.251 e. The Hall–Kier alpha value is -2.32. The number of carbonyl (C=O) groups excluding carboxylic acids is 2. The number of amides is 2. The third-order valence-electron chi connectivity index (χ3n) is 5.50. The Bertz CT molecular complexity index is 701. The van der Waals surface area contributed by atoms with Crippen molar-refractivity contribution in [2.45, 2.75) is 50.2 Å². The fraction of sp³-hybridized carbons (Fsp3) is 0.600. The lowest BCUT2D eigenvalue weighted by atomic mass is 10.1. The molecule has 0 spiro atoms. The van der Waals surface area contributed by atoms with Gasteiger partial charge in [0.25, 0.3) is 5.91 Å². The third kappa shape index (κ3) is 4.74. The van der Waals surface area contributed by atoms with E-state index in [4.69, 9.17) is 14.9 Å². The van der Waals surface area contributed by atoms with Crippen LogP contribution in [0.15, 0.2) is 18.2 Å². The van der Waals surface area contributed by atoms with Crippen LogP contribution in [0, 0.1) is 0 Å². The van der Waals surface area contributed by atoms with Crippen molar-refractivity contribution in [3.05, 3.63) is 23.8 Å². The maximum atomic E-state index is 12.6. The first-order chi connectivity index (χ1) is 13.5. The number of benzene rings is 1. The van der Waals surface area contributed by atoms with Crippen LogP contribution in [0.5, 0.6) is 5.75 Å². The largest absolute Gasteiger partial charge is 0.489 e. The molecule has 1 fully saturated rings. The SMILES string of the molecule is CN1c2cc(C(=O)NC3CCCC3)ccc2OCC1CC(=O)NC(CO)CO. The average Bonchev–Trinajstić information content (AvgIpc) is 3.21. The Morgan fingerprint density at radius 1 is 1.25 bits per heavy atom.